The lowest BCUT2D eigenvalue weighted by molar-refractivity contribution is -0.127. The van der Waals surface area contributed by atoms with Gasteiger partial charge in [0.15, 0.2) is 6.29 Å². The van der Waals surface area contributed by atoms with Crippen molar-refractivity contribution >= 4 is 12.0 Å². The Morgan fingerprint density at radius 3 is 2.56 bits per heavy atom. The molecule has 0 spiro atoms. The zero-order valence-electron chi connectivity index (χ0n) is 15.9. The first kappa shape index (κ1) is 21.0. The van der Waals surface area contributed by atoms with Crippen molar-refractivity contribution in [1.82, 2.24) is 10.6 Å². The van der Waals surface area contributed by atoms with Crippen LogP contribution >= 0.6 is 0 Å². The van der Waals surface area contributed by atoms with Crippen molar-refractivity contribution in [3.63, 3.8) is 0 Å². The number of hydrogen-bond acceptors (Lipinski definition) is 6. The summed E-state index contributed by atoms with van der Waals surface area (Å²) in [4.78, 5) is 24.6. The van der Waals surface area contributed by atoms with Gasteiger partial charge in [-0.25, -0.2) is 4.79 Å². The molecular weight excluding hydrogens is 352 g/mol. The van der Waals surface area contributed by atoms with E-state index >= 15 is 0 Å². The number of carbonyl (C=O) groups excluding carboxylic acids is 2. The van der Waals surface area contributed by atoms with Crippen LogP contribution in [0.25, 0.3) is 0 Å². The largest absolute Gasteiger partial charge is 0.497 e. The number of methoxy groups -OCH3 is 1. The number of alkyl carbamates (subject to hydrolysis) is 1. The lowest BCUT2D eigenvalue weighted by Gasteiger charge is -2.23. The van der Waals surface area contributed by atoms with Crippen molar-refractivity contribution in [1.29, 1.82) is 0 Å². The van der Waals surface area contributed by atoms with Crippen molar-refractivity contribution in [3.8, 4) is 5.75 Å². The summed E-state index contributed by atoms with van der Waals surface area (Å²) in [6.07, 6.45) is -0.707. The van der Waals surface area contributed by atoms with Crippen LogP contribution in [0.4, 0.5) is 4.79 Å². The van der Waals surface area contributed by atoms with E-state index in [0.29, 0.717) is 19.4 Å². The van der Waals surface area contributed by atoms with Crippen LogP contribution in [0.3, 0.4) is 0 Å². The second kappa shape index (κ2) is 10.1. The number of benzene rings is 1. The maximum absolute atomic E-state index is 12.5. The van der Waals surface area contributed by atoms with Gasteiger partial charge in [-0.3, -0.25) is 4.79 Å². The number of amides is 2. The molecule has 0 bridgehead atoms. The van der Waals surface area contributed by atoms with Gasteiger partial charge in [-0.05, 0) is 36.5 Å². The third kappa shape index (κ3) is 6.73. The molecule has 8 heteroatoms. The first-order valence-corrected chi connectivity index (χ1v) is 9.05. The Morgan fingerprint density at radius 2 is 2.00 bits per heavy atom. The average molecular weight is 380 g/mol. The zero-order chi connectivity index (χ0) is 19.8. The molecule has 3 atom stereocenters. The number of rotatable bonds is 8. The number of hydrogen-bond donors (Lipinski definition) is 3. The van der Waals surface area contributed by atoms with Crippen LogP contribution in [-0.2, 0) is 20.9 Å². The van der Waals surface area contributed by atoms with E-state index in [1.54, 1.807) is 31.4 Å². The second-order valence-corrected chi connectivity index (χ2v) is 6.92. The van der Waals surface area contributed by atoms with Gasteiger partial charge in [-0.15, -0.1) is 0 Å². The molecule has 1 saturated heterocycles. The molecule has 0 saturated carbocycles. The highest BCUT2D eigenvalue weighted by Crippen LogP contribution is 2.14. The minimum Gasteiger partial charge on any atom is -0.497 e. The van der Waals surface area contributed by atoms with Gasteiger partial charge < -0.3 is 30.0 Å². The Morgan fingerprint density at radius 1 is 1.30 bits per heavy atom. The van der Waals surface area contributed by atoms with E-state index in [-0.39, 0.29) is 18.4 Å². The Labute approximate surface area is 159 Å². The zero-order valence-corrected chi connectivity index (χ0v) is 15.9. The summed E-state index contributed by atoms with van der Waals surface area (Å²) < 4.78 is 15.3. The van der Waals surface area contributed by atoms with Gasteiger partial charge in [0.1, 0.15) is 18.4 Å². The smallest absolute Gasteiger partial charge is 0.408 e. The molecule has 8 nitrogen and oxygen atoms in total. The summed E-state index contributed by atoms with van der Waals surface area (Å²) in [7, 11) is 1.58. The number of ether oxygens (including phenoxy) is 3. The molecule has 1 aliphatic heterocycles. The Balaban J connectivity index is 1.87. The third-order valence-electron chi connectivity index (χ3n) is 4.23. The molecule has 1 aromatic carbocycles. The summed E-state index contributed by atoms with van der Waals surface area (Å²) in [6, 6.07) is 5.93. The number of carbonyl (C=O) groups is 2. The topological polar surface area (TPSA) is 106 Å². The van der Waals surface area contributed by atoms with Gasteiger partial charge >= 0.3 is 6.09 Å². The van der Waals surface area contributed by atoms with Crippen molar-refractivity contribution in [3.05, 3.63) is 29.8 Å². The third-order valence-corrected chi connectivity index (χ3v) is 4.23. The van der Waals surface area contributed by atoms with Crippen LogP contribution in [0, 0.1) is 5.92 Å². The second-order valence-electron chi connectivity index (χ2n) is 6.92. The average Bonchev–Trinajstić information content (AvgIpc) is 3.04. The molecule has 3 N–H and O–H groups in total. The van der Waals surface area contributed by atoms with Crippen LogP contribution in [0.5, 0.6) is 5.75 Å². The summed E-state index contributed by atoms with van der Waals surface area (Å²) in [6.45, 7) is 4.38. The normalized spacial score (nSPS) is 20.2. The molecule has 1 heterocycles. The van der Waals surface area contributed by atoms with Crippen molar-refractivity contribution in [2.24, 2.45) is 5.92 Å². The molecule has 2 rings (SSSR count). The first-order valence-electron chi connectivity index (χ1n) is 9.05. The predicted octanol–water partition coefficient (Wildman–Crippen LogP) is 1.56. The fourth-order valence-corrected chi connectivity index (χ4v) is 2.76. The maximum atomic E-state index is 12.5. The number of aliphatic hydroxyl groups excluding tert-OH is 1. The molecule has 1 fully saturated rings. The van der Waals surface area contributed by atoms with Gasteiger partial charge in [-0.2, -0.15) is 0 Å². The highest BCUT2D eigenvalue weighted by molar-refractivity contribution is 5.85. The fourth-order valence-electron chi connectivity index (χ4n) is 2.76. The van der Waals surface area contributed by atoms with Crippen molar-refractivity contribution < 1.29 is 28.9 Å². The van der Waals surface area contributed by atoms with E-state index in [4.69, 9.17) is 14.2 Å². The van der Waals surface area contributed by atoms with Crippen LogP contribution in [0.2, 0.25) is 0 Å². The number of nitrogens with one attached hydrogen (secondary N) is 2. The van der Waals surface area contributed by atoms with Crippen molar-refractivity contribution in [2.45, 2.75) is 51.7 Å². The van der Waals surface area contributed by atoms with E-state index in [1.807, 2.05) is 13.8 Å². The molecule has 27 heavy (non-hydrogen) atoms. The molecule has 0 aliphatic carbocycles. The Kier molecular flexibility index (Phi) is 7.87. The van der Waals surface area contributed by atoms with Crippen molar-refractivity contribution in [2.75, 3.05) is 13.7 Å². The maximum Gasteiger partial charge on any atom is 0.408 e. The highest BCUT2D eigenvalue weighted by atomic mass is 16.6. The highest BCUT2D eigenvalue weighted by Gasteiger charge is 2.31. The van der Waals surface area contributed by atoms with Gasteiger partial charge in [0.2, 0.25) is 5.91 Å². The van der Waals surface area contributed by atoms with Crippen LogP contribution in [0.1, 0.15) is 32.3 Å². The van der Waals surface area contributed by atoms with Crippen LogP contribution < -0.4 is 15.4 Å². The molecule has 1 aromatic rings. The van der Waals surface area contributed by atoms with E-state index in [9.17, 15) is 14.7 Å². The predicted molar refractivity (Wildman–Crippen MR) is 98.1 cm³/mol. The molecule has 150 valence electrons. The molecule has 0 radical (unpaired) electrons. The monoisotopic (exact) mass is 380 g/mol. The van der Waals surface area contributed by atoms with Gasteiger partial charge in [-0.1, -0.05) is 26.0 Å². The Bertz CT molecular complexity index is 619. The molecule has 0 aromatic heterocycles. The summed E-state index contributed by atoms with van der Waals surface area (Å²) in [5, 5.41) is 15.0. The number of aliphatic hydroxyl groups is 1. The molecular formula is C19H28N2O6. The first-order chi connectivity index (χ1) is 12.9. The lowest BCUT2D eigenvalue weighted by atomic mass is 10.0. The fraction of sp³-hybridized carbons (Fsp3) is 0.579. The minimum absolute atomic E-state index is 0.0843. The lowest BCUT2D eigenvalue weighted by Crippen LogP contribution is -2.51. The van der Waals surface area contributed by atoms with Crippen LogP contribution in [0.15, 0.2) is 24.3 Å². The summed E-state index contributed by atoms with van der Waals surface area (Å²) >= 11 is 0. The van der Waals surface area contributed by atoms with E-state index in [0.717, 1.165) is 11.3 Å². The molecule has 2 unspecified atom stereocenters. The molecule has 1 aliphatic rings. The molecule has 2 amide bonds. The Hall–Kier alpha value is -2.32. The van der Waals surface area contributed by atoms with Gasteiger partial charge in [0, 0.05) is 0 Å². The van der Waals surface area contributed by atoms with E-state index < -0.39 is 24.5 Å². The SMILES string of the molecule is COc1ccc(COC(=O)NC(CC(C)C)C(=O)N[C@H]2CCOC2O)cc1. The van der Waals surface area contributed by atoms with Gasteiger partial charge in [0.05, 0.1) is 19.8 Å². The summed E-state index contributed by atoms with van der Waals surface area (Å²) in [5.41, 5.74) is 0.807. The van der Waals surface area contributed by atoms with E-state index in [1.165, 1.54) is 0 Å². The van der Waals surface area contributed by atoms with Gasteiger partial charge in [0.25, 0.3) is 0 Å². The minimum atomic E-state index is -1.02. The standard InChI is InChI=1S/C19H28N2O6/c1-12(2)10-16(17(22)20-15-8-9-26-18(15)23)21-19(24)27-11-13-4-6-14(25-3)7-5-13/h4-7,12,15-16,18,23H,8-11H2,1-3H3,(H,20,22)(H,21,24)/t15-,16?,18?/m0/s1. The van der Waals surface area contributed by atoms with Crippen LogP contribution in [-0.4, -0.2) is 49.2 Å². The van der Waals surface area contributed by atoms with E-state index in [2.05, 4.69) is 10.6 Å². The quantitative estimate of drug-likeness (QED) is 0.632. The summed E-state index contributed by atoms with van der Waals surface area (Å²) in [5.74, 6) is 0.544.